The number of anilines is 1. The molecule has 1 aliphatic carbocycles. The van der Waals surface area contributed by atoms with Crippen LogP contribution in [0.15, 0.2) is 18.2 Å². The van der Waals surface area contributed by atoms with Gasteiger partial charge in [0.1, 0.15) is 23.9 Å². The maximum Gasteiger partial charge on any atom is 0.223 e. The lowest BCUT2D eigenvalue weighted by Crippen LogP contribution is -2.69. The zero-order valence-corrected chi connectivity index (χ0v) is 17.6. The number of para-hydroxylation sites is 1. The van der Waals surface area contributed by atoms with E-state index in [9.17, 15) is 15.0 Å². The number of aliphatic hydroxyl groups excluding tert-OH is 1. The Kier molecular flexibility index (Phi) is 4.65. The van der Waals surface area contributed by atoms with Crippen LogP contribution in [0.5, 0.6) is 5.75 Å². The van der Waals surface area contributed by atoms with Crippen molar-refractivity contribution in [3.63, 3.8) is 0 Å². The standard InChI is InChI=1S/C22H30N2O6/c1-12-17-13-7-9-24(2)10-8-21(19(17)26)14-5-4-6-15(30-16(11-25)28-3)18(14)23-22(21,27)20(13)29-12/h4-6,12-13,16-17,20,23,25,27H,7-11H2,1-3H3. The lowest BCUT2D eigenvalue weighted by molar-refractivity contribution is -0.161. The maximum absolute atomic E-state index is 14.1. The fourth-order valence-electron chi connectivity index (χ4n) is 6.23. The second kappa shape index (κ2) is 6.90. The van der Waals surface area contributed by atoms with E-state index in [1.807, 2.05) is 19.1 Å². The third kappa shape index (κ3) is 2.42. The topological polar surface area (TPSA) is 100 Å². The molecule has 7 atom stereocenters. The molecule has 8 nitrogen and oxygen atoms in total. The quantitative estimate of drug-likeness (QED) is 0.615. The largest absolute Gasteiger partial charge is 0.460 e. The first-order valence-corrected chi connectivity index (χ1v) is 10.7. The van der Waals surface area contributed by atoms with Gasteiger partial charge in [0.25, 0.3) is 0 Å². The molecule has 164 valence electrons. The molecule has 1 saturated carbocycles. The minimum absolute atomic E-state index is 0.0403. The molecule has 0 amide bonds. The van der Waals surface area contributed by atoms with E-state index < -0.39 is 23.5 Å². The van der Waals surface area contributed by atoms with E-state index in [4.69, 9.17) is 14.2 Å². The summed E-state index contributed by atoms with van der Waals surface area (Å²) < 4.78 is 17.3. The number of hydrogen-bond donors (Lipinski definition) is 3. The van der Waals surface area contributed by atoms with Gasteiger partial charge in [-0.3, -0.25) is 4.79 Å². The van der Waals surface area contributed by atoms with Crippen molar-refractivity contribution in [2.24, 2.45) is 11.8 Å². The Morgan fingerprint density at radius 3 is 2.93 bits per heavy atom. The molecule has 3 fully saturated rings. The molecule has 8 heteroatoms. The number of nitrogens with one attached hydrogen (secondary N) is 1. The van der Waals surface area contributed by atoms with E-state index >= 15 is 0 Å². The summed E-state index contributed by atoms with van der Waals surface area (Å²) in [7, 11) is 3.51. The highest BCUT2D eigenvalue weighted by Crippen LogP contribution is 2.63. The number of fused-ring (bicyclic) bond motifs is 2. The molecule has 0 radical (unpaired) electrons. The van der Waals surface area contributed by atoms with Crippen LogP contribution in [0.3, 0.4) is 0 Å². The van der Waals surface area contributed by atoms with E-state index in [2.05, 4.69) is 17.3 Å². The number of hydrogen-bond acceptors (Lipinski definition) is 8. The van der Waals surface area contributed by atoms with Gasteiger partial charge in [-0.25, -0.2) is 0 Å². The molecule has 30 heavy (non-hydrogen) atoms. The molecule has 4 aliphatic rings. The molecule has 0 aromatic heterocycles. The van der Waals surface area contributed by atoms with Gasteiger partial charge in [0.05, 0.1) is 17.7 Å². The van der Waals surface area contributed by atoms with Gasteiger partial charge in [0.15, 0.2) is 11.5 Å². The molecule has 3 aliphatic heterocycles. The number of carbonyl (C=O) groups excluding carboxylic acids is 1. The number of nitrogens with zero attached hydrogens (tertiary/aromatic N) is 1. The van der Waals surface area contributed by atoms with Crippen LogP contribution in [0.25, 0.3) is 0 Å². The van der Waals surface area contributed by atoms with Crippen molar-refractivity contribution >= 4 is 11.5 Å². The fourth-order valence-corrected chi connectivity index (χ4v) is 6.23. The van der Waals surface area contributed by atoms with Crippen LogP contribution in [0.1, 0.15) is 25.3 Å². The monoisotopic (exact) mass is 418 g/mol. The first kappa shape index (κ1) is 20.2. The number of ketones is 1. The van der Waals surface area contributed by atoms with Crippen molar-refractivity contribution in [1.29, 1.82) is 0 Å². The second-order valence-corrected chi connectivity index (χ2v) is 9.10. The zero-order valence-electron chi connectivity index (χ0n) is 17.6. The van der Waals surface area contributed by atoms with E-state index in [0.717, 1.165) is 18.5 Å². The molecule has 3 heterocycles. The first-order chi connectivity index (χ1) is 14.4. The number of benzene rings is 1. The molecule has 7 unspecified atom stereocenters. The normalized spacial score (nSPS) is 40.8. The predicted molar refractivity (Wildman–Crippen MR) is 108 cm³/mol. The van der Waals surface area contributed by atoms with Gasteiger partial charge in [-0.2, -0.15) is 0 Å². The lowest BCUT2D eigenvalue weighted by atomic mass is 9.56. The zero-order chi connectivity index (χ0) is 21.3. The lowest BCUT2D eigenvalue weighted by Gasteiger charge is -2.49. The Labute approximate surface area is 176 Å². The summed E-state index contributed by atoms with van der Waals surface area (Å²) in [5, 5.41) is 24.9. The minimum Gasteiger partial charge on any atom is -0.460 e. The Bertz CT molecular complexity index is 860. The molecule has 4 bridgehead atoms. The van der Waals surface area contributed by atoms with Gasteiger partial charge in [-0.05, 0) is 51.5 Å². The van der Waals surface area contributed by atoms with Crippen LogP contribution < -0.4 is 10.1 Å². The highest BCUT2D eigenvalue weighted by Gasteiger charge is 2.75. The summed E-state index contributed by atoms with van der Waals surface area (Å²) in [5.74, 6) is 0.222. The number of methoxy groups -OCH3 is 1. The molecule has 5 rings (SSSR count). The van der Waals surface area contributed by atoms with Crippen molar-refractivity contribution in [1.82, 2.24) is 4.90 Å². The van der Waals surface area contributed by atoms with Gasteiger partial charge < -0.3 is 34.6 Å². The Balaban J connectivity index is 1.69. The molecule has 2 saturated heterocycles. The van der Waals surface area contributed by atoms with E-state index in [1.54, 1.807) is 6.07 Å². The van der Waals surface area contributed by atoms with Gasteiger partial charge >= 0.3 is 0 Å². The SMILES string of the molecule is COC(CO)Oc1cccc2c1NC1(O)C3OC(C)C4C(=O)C21CCN(C)CCC43. The average Bonchev–Trinajstić information content (AvgIpc) is 3.21. The highest BCUT2D eigenvalue weighted by atomic mass is 16.7. The van der Waals surface area contributed by atoms with Gasteiger partial charge in [0, 0.05) is 13.0 Å². The average molecular weight is 418 g/mol. The van der Waals surface area contributed by atoms with Gasteiger partial charge in [-0.1, -0.05) is 12.1 Å². The van der Waals surface area contributed by atoms with Crippen LogP contribution in [-0.4, -0.2) is 79.0 Å². The number of carbonyl (C=O) groups is 1. The van der Waals surface area contributed by atoms with Crippen molar-refractivity contribution in [3.8, 4) is 5.75 Å². The fraction of sp³-hybridized carbons (Fsp3) is 0.682. The molecular weight excluding hydrogens is 388 g/mol. The summed E-state index contributed by atoms with van der Waals surface area (Å²) in [6.45, 7) is 3.19. The smallest absolute Gasteiger partial charge is 0.223 e. The molecular formula is C22H30N2O6. The number of ether oxygens (including phenoxy) is 3. The summed E-state index contributed by atoms with van der Waals surface area (Å²) in [6, 6.07) is 5.47. The Hall–Kier alpha value is -1.71. The van der Waals surface area contributed by atoms with Crippen LogP contribution in [-0.2, 0) is 19.7 Å². The van der Waals surface area contributed by atoms with Crippen molar-refractivity contribution in [2.45, 2.75) is 49.4 Å². The van der Waals surface area contributed by atoms with Crippen LogP contribution >= 0.6 is 0 Å². The predicted octanol–water partition coefficient (Wildman–Crippen LogP) is 0.710. The number of rotatable bonds is 4. The summed E-state index contributed by atoms with van der Waals surface area (Å²) in [6.07, 6.45) is -0.255. The molecule has 1 spiro atoms. The number of aliphatic hydroxyl groups is 2. The molecule has 3 N–H and O–H groups in total. The maximum atomic E-state index is 14.1. The second-order valence-electron chi connectivity index (χ2n) is 9.10. The Morgan fingerprint density at radius 2 is 2.20 bits per heavy atom. The van der Waals surface area contributed by atoms with E-state index in [0.29, 0.717) is 24.4 Å². The third-order valence-corrected chi connectivity index (χ3v) is 7.69. The summed E-state index contributed by atoms with van der Waals surface area (Å²) >= 11 is 0. The third-order valence-electron chi connectivity index (χ3n) is 7.69. The van der Waals surface area contributed by atoms with Crippen molar-refractivity contribution in [2.75, 3.05) is 39.2 Å². The van der Waals surface area contributed by atoms with Crippen molar-refractivity contribution < 1.29 is 29.2 Å². The number of Topliss-reactive ketones (excluding diaryl/α,β-unsaturated/α-hetero) is 1. The first-order valence-electron chi connectivity index (χ1n) is 10.7. The van der Waals surface area contributed by atoms with Crippen LogP contribution in [0.2, 0.25) is 0 Å². The Morgan fingerprint density at radius 1 is 1.40 bits per heavy atom. The summed E-state index contributed by atoms with van der Waals surface area (Å²) in [5.41, 5.74) is -1.35. The van der Waals surface area contributed by atoms with Gasteiger partial charge in [0.2, 0.25) is 6.29 Å². The van der Waals surface area contributed by atoms with Crippen LogP contribution in [0.4, 0.5) is 5.69 Å². The van der Waals surface area contributed by atoms with Gasteiger partial charge in [-0.15, -0.1) is 0 Å². The van der Waals surface area contributed by atoms with E-state index in [1.165, 1.54) is 7.11 Å². The summed E-state index contributed by atoms with van der Waals surface area (Å²) in [4.78, 5) is 16.3. The molecule has 1 aromatic rings. The molecule has 1 aromatic carbocycles. The minimum atomic E-state index is -1.55. The van der Waals surface area contributed by atoms with Crippen molar-refractivity contribution in [3.05, 3.63) is 23.8 Å². The van der Waals surface area contributed by atoms with E-state index in [-0.39, 0.29) is 30.3 Å². The van der Waals surface area contributed by atoms with Crippen LogP contribution in [0, 0.1) is 11.8 Å². The highest BCUT2D eigenvalue weighted by molar-refractivity contribution is 6.00.